The lowest BCUT2D eigenvalue weighted by Gasteiger charge is -2.20. The van der Waals surface area contributed by atoms with Crippen LogP contribution in [-0.4, -0.2) is 35.1 Å². The van der Waals surface area contributed by atoms with Gasteiger partial charge in [-0.05, 0) is 48.9 Å². The van der Waals surface area contributed by atoms with Gasteiger partial charge in [0, 0.05) is 12.5 Å². The Labute approximate surface area is 113 Å². The number of aromatic hydroxyl groups is 1. The van der Waals surface area contributed by atoms with Gasteiger partial charge >= 0.3 is 0 Å². The average Bonchev–Trinajstić information content (AvgIpc) is 2.83. The second-order valence-corrected chi connectivity index (χ2v) is 5.15. The molecule has 3 N–H and O–H groups in total. The van der Waals surface area contributed by atoms with Crippen molar-refractivity contribution in [1.29, 1.82) is 0 Å². The molecule has 0 aromatic heterocycles. The van der Waals surface area contributed by atoms with Gasteiger partial charge in [-0.1, -0.05) is 6.42 Å². The van der Waals surface area contributed by atoms with Gasteiger partial charge in [0.2, 0.25) is 0 Å². The molecule has 1 aromatic rings. The van der Waals surface area contributed by atoms with Crippen molar-refractivity contribution in [3.8, 4) is 11.5 Å². The van der Waals surface area contributed by atoms with Gasteiger partial charge < -0.3 is 20.1 Å². The summed E-state index contributed by atoms with van der Waals surface area (Å²) in [6, 6.07) is 3.54. The van der Waals surface area contributed by atoms with Crippen molar-refractivity contribution in [2.24, 2.45) is 0 Å². The molecule has 19 heavy (non-hydrogen) atoms. The van der Waals surface area contributed by atoms with Crippen LogP contribution in [0.2, 0.25) is 0 Å². The van der Waals surface area contributed by atoms with Gasteiger partial charge in [-0.3, -0.25) is 0 Å². The number of aryl methyl sites for hydroxylation is 1. The van der Waals surface area contributed by atoms with Crippen LogP contribution in [0.25, 0.3) is 0 Å². The molecular weight excluding hydrogens is 244 g/mol. The first kappa shape index (κ1) is 14.2. The number of benzene rings is 1. The van der Waals surface area contributed by atoms with Gasteiger partial charge in [-0.15, -0.1) is 0 Å². The van der Waals surface area contributed by atoms with Gasteiger partial charge in [0.05, 0.1) is 13.2 Å². The molecule has 1 aliphatic carbocycles. The van der Waals surface area contributed by atoms with Crippen molar-refractivity contribution in [2.45, 2.75) is 44.1 Å². The molecule has 0 heterocycles. The quantitative estimate of drug-likeness (QED) is 0.762. The van der Waals surface area contributed by atoms with E-state index in [9.17, 15) is 10.2 Å². The molecule has 0 spiro atoms. The van der Waals surface area contributed by atoms with Gasteiger partial charge in [0.25, 0.3) is 0 Å². The molecule has 106 valence electrons. The van der Waals surface area contributed by atoms with E-state index >= 15 is 0 Å². The second kappa shape index (κ2) is 6.26. The Kier molecular flexibility index (Phi) is 4.66. The van der Waals surface area contributed by atoms with Crippen molar-refractivity contribution in [2.75, 3.05) is 13.7 Å². The summed E-state index contributed by atoms with van der Waals surface area (Å²) >= 11 is 0. The highest BCUT2D eigenvalue weighted by Gasteiger charge is 2.29. The number of hydrogen-bond acceptors (Lipinski definition) is 4. The smallest absolute Gasteiger partial charge is 0.160 e. The summed E-state index contributed by atoms with van der Waals surface area (Å²) in [5.41, 5.74) is 2.05. The number of phenols is 1. The second-order valence-electron chi connectivity index (χ2n) is 5.15. The zero-order valence-electron chi connectivity index (χ0n) is 11.3. The number of ether oxygens (including phenoxy) is 1. The molecule has 4 heteroatoms. The van der Waals surface area contributed by atoms with Crippen LogP contribution in [0, 0.1) is 0 Å². The number of phenolic OH excluding ortho intramolecular Hbond substituents is 1. The van der Waals surface area contributed by atoms with Crippen LogP contribution < -0.4 is 4.74 Å². The molecule has 0 unspecified atom stereocenters. The molecule has 0 amide bonds. The van der Waals surface area contributed by atoms with Crippen LogP contribution in [-0.2, 0) is 6.42 Å². The summed E-state index contributed by atoms with van der Waals surface area (Å²) < 4.78 is 5.14. The average molecular weight is 266 g/mol. The standard InChI is InChI=1S/C15H22O4/c1-19-15-8-10(4-3-7-16)12(9-14(15)18)11-5-2-6-13(11)17/h8-9,11,13,16-18H,2-7H2,1H3/t11-,13-/m1/s1. The van der Waals surface area contributed by atoms with Crippen LogP contribution in [0.4, 0.5) is 0 Å². The first-order valence-corrected chi connectivity index (χ1v) is 6.86. The van der Waals surface area contributed by atoms with E-state index < -0.39 is 0 Å². The minimum atomic E-state index is -0.333. The zero-order chi connectivity index (χ0) is 13.8. The number of hydrogen-bond donors (Lipinski definition) is 3. The third-order valence-corrected chi connectivity index (χ3v) is 3.92. The van der Waals surface area contributed by atoms with E-state index in [-0.39, 0.29) is 24.4 Å². The number of rotatable bonds is 5. The Hall–Kier alpha value is -1.26. The molecule has 4 nitrogen and oxygen atoms in total. The molecule has 0 radical (unpaired) electrons. The van der Waals surface area contributed by atoms with Gasteiger partial charge in [-0.25, -0.2) is 0 Å². The summed E-state index contributed by atoms with van der Waals surface area (Å²) in [4.78, 5) is 0. The number of methoxy groups -OCH3 is 1. The fraction of sp³-hybridized carbons (Fsp3) is 0.600. The summed E-state index contributed by atoms with van der Waals surface area (Å²) in [6.45, 7) is 0.135. The Bertz CT molecular complexity index is 430. The van der Waals surface area contributed by atoms with Crippen LogP contribution >= 0.6 is 0 Å². The molecule has 0 bridgehead atoms. The summed E-state index contributed by atoms with van der Waals surface area (Å²) in [6.07, 6.45) is 3.84. The normalized spacial score (nSPS) is 22.7. The molecule has 2 atom stereocenters. The van der Waals surface area contributed by atoms with Crippen LogP contribution in [0.5, 0.6) is 11.5 Å². The highest BCUT2D eigenvalue weighted by molar-refractivity contribution is 5.48. The lowest BCUT2D eigenvalue weighted by atomic mass is 9.89. The fourth-order valence-corrected chi connectivity index (χ4v) is 2.92. The highest BCUT2D eigenvalue weighted by atomic mass is 16.5. The van der Waals surface area contributed by atoms with Crippen molar-refractivity contribution in [3.63, 3.8) is 0 Å². The third-order valence-electron chi connectivity index (χ3n) is 3.92. The minimum Gasteiger partial charge on any atom is -0.504 e. The first-order valence-electron chi connectivity index (χ1n) is 6.86. The van der Waals surface area contributed by atoms with E-state index in [0.717, 1.165) is 36.8 Å². The Balaban J connectivity index is 2.35. The molecule has 0 saturated heterocycles. The Morgan fingerprint density at radius 2 is 2.11 bits per heavy atom. The first-order chi connectivity index (χ1) is 9.17. The number of aliphatic hydroxyl groups excluding tert-OH is 2. The van der Waals surface area contributed by atoms with Crippen molar-refractivity contribution in [1.82, 2.24) is 0 Å². The molecule has 1 aromatic carbocycles. The maximum Gasteiger partial charge on any atom is 0.160 e. The zero-order valence-corrected chi connectivity index (χ0v) is 11.3. The SMILES string of the molecule is COc1cc(CCCO)c([C@H]2CCC[C@H]2O)cc1O. The summed E-state index contributed by atoms with van der Waals surface area (Å²) in [5, 5.41) is 29.0. The number of aliphatic hydroxyl groups is 2. The van der Waals surface area contributed by atoms with E-state index in [4.69, 9.17) is 9.84 Å². The monoisotopic (exact) mass is 266 g/mol. The van der Waals surface area contributed by atoms with Gasteiger partial charge in [0.1, 0.15) is 0 Å². The third kappa shape index (κ3) is 3.01. The predicted octanol–water partition coefficient (Wildman–Crippen LogP) is 1.95. The minimum absolute atomic E-state index is 0.0884. The van der Waals surface area contributed by atoms with Gasteiger partial charge in [0.15, 0.2) is 11.5 Å². The van der Waals surface area contributed by atoms with Crippen molar-refractivity contribution in [3.05, 3.63) is 23.3 Å². The van der Waals surface area contributed by atoms with Crippen LogP contribution in [0.3, 0.4) is 0 Å². The maximum atomic E-state index is 10.0. The molecule has 1 aliphatic rings. The van der Waals surface area contributed by atoms with E-state index in [1.54, 1.807) is 6.07 Å². The van der Waals surface area contributed by atoms with E-state index in [1.165, 1.54) is 7.11 Å². The maximum absolute atomic E-state index is 10.0. The van der Waals surface area contributed by atoms with E-state index in [1.807, 2.05) is 6.07 Å². The lowest BCUT2D eigenvalue weighted by Crippen LogP contribution is -2.13. The lowest BCUT2D eigenvalue weighted by molar-refractivity contribution is 0.163. The van der Waals surface area contributed by atoms with E-state index in [0.29, 0.717) is 12.2 Å². The summed E-state index contributed by atoms with van der Waals surface area (Å²) in [5.74, 6) is 0.652. The highest BCUT2D eigenvalue weighted by Crippen LogP contribution is 2.40. The van der Waals surface area contributed by atoms with E-state index in [2.05, 4.69) is 0 Å². The topological polar surface area (TPSA) is 69.9 Å². The molecule has 1 fully saturated rings. The van der Waals surface area contributed by atoms with Crippen molar-refractivity contribution >= 4 is 0 Å². The predicted molar refractivity (Wildman–Crippen MR) is 72.7 cm³/mol. The van der Waals surface area contributed by atoms with Gasteiger partial charge in [-0.2, -0.15) is 0 Å². The van der Waals surface area contributed by atoms with Crippen LogP contribution in [0.1, 0.15) is 42.7 Å². The molecule has 1 saturated carbocycles. The Morgan fingerprint density at radius 3 is 2.68 bits per heavy atom. The summed E-state index contributed by atoms with van der Waals surface area (Å²) in [7, 11) is 1.52. The molecule has 2 rings (SSSR count). The molecular formula is C15H22O4. The van der Waals surface area contributed by atoms with Crippen LogP contribution in [0.15, 0.2) is 12.1 Å². The Morgan fingerprint density at radius 1 is 1.32 bits per heavy atom. The van der Waals surface area contributed by atoms with Crippen molar-refractivity contribution < 1.29 is 20.1 Å². The molecule has 0 aliphatic heterocycles. The largest absolute Gasteiger partial charge is 0.504 e. The fourth-order valence-electron chi connectivity index (χ4n) is 2.92.